The molecule has 0 bridgehead atoms. The molecule has 0 aliphatic rings. The number of nitrogens with zero attached hydrogens (tertiary/aromatic N) is 2. The zero-order valence-electron chi connectivity index (χ0n) is 20.1. The van der Waals surface area contributed by atoms with E-state index < -0.39 is 5.97 Å². The first-order valence-corrected chi connectivity index (χ1v) is 11.7. The summed E-state index contributed by atoms with van der Waals surface area (Å²) in [5.41, 5.74) is 5.45. The number of nitrogens with one attached hydrogen (secondary N) is 2. The highest BCUT2D eigenvalue weighted by Crippen LogP contribution is 2.26. The smallest absolute Gasteiger partial charge is 0.337 e. The zero-order chi connectivity index (χ0) is 25.6. The predicted octanol–water partition coefficient (Wildman–Crippen LogP) is 6.00. The van der Waals surface area contributed by atoms with E-state index in [2.05, 4.69) is 32.7 Å². The number of aromatic nitrogens is 2. The van der Waals surface area contributed by atoms with Gasteiger partial charge in [-0.15, -0.1) is 0 Å². The number of carbonyl (C=O) groups is 2. The minimum atomic E-state index is -0.420. The van der Waals surface area contributed by atoms with Gasteiger partial charge in [0, 0.05) is 23.5 Å². The lowest BCUT2D eigenvalue weighted by molar-refractivity contribution is 0.0600. The Balaban J connectivity index is 1.25. The van der Waals surface area contributed by atoms with Crippen LogP contribution in [0.3, 0.4) is 0 Å². The van der Waals surface area contributed by atoms with Gasteiger partial charge in [-0.1, -0.05) is 42.5 Å². The van der Waals surface area contributed by atoms with Crippen LogP contribution in [0.1, 0.15) is 31.8 Å². The molecule has 0 fully saturated rings. The fraction of sp³-hybridized carbons (Fsp3) is 0.0667. The molecular weight excluding hydrogens is 464 g/mol. The minimum absolute atomic E-state index is 0.244. The molecule has 0 atom stereocenters. The molecule has 2 N–H and O–H groups in total. The van der Waals surface area contributed by atoms with Crippen molar-refractivity contribution in [3.8, 4) is 0 Å². The Labute approximate surface area is 214 Å². The highest BCUT2D eigenvalue weighted by atomic mass is 16.5. The summed E-state index contributed by atoms with van der Waals surface area (Å²) in [5.74, 6) is -0.110. The van der Waals surface area contributed by atoms with E-state index in [9.17, 15) is 9.59 Å². The lowest BCUT2D eigenvalue weighted by atomic mass is 10.0. The Bertz CT molecular complexity index is 1550. The molecule has 0 spiro atoms. The average Bonchev–Trinajstić information content (AvgIpc) is 2.94. The molecule has 0 saturated heterocycles. The molecule has 7 nitrogen and oxygen atoms in total. The number of hydrogen-bond donors (Lipinski definition) is 2. The Morgan fingerprint density at radius 2 is 1.57 bits per heavy atom. The fourth-order valence-electron chi connectivity index (χ4n) is 3.98. The first-order valence-electron chi connectivity index (χ1n) is 11.7. The van der Waals surface area contributed by atoms with E-state index in [4.69, 9.17) is 4.74 Å². The number of amides is 1. The number of anilines is 3. The summed E-state index contributed by atoms with van der Waals surface area (Å²) in [6.45, 7) is 0. The van der Waals surface area contributed by atoms with Crippen LogP contribution in [0.4, 0.5) is 17.2 Å². The van der Waals surface area contributed by atoms with E-state index in [0.29, 0.717) is 22.6 Å². The van der Waals surface area contributed by atoms with Gasteiger partial charge < -0.3 is 15.4 Å². The van der Waals surface area contributed by atoms with Crippen molar-refractivity contribution in [2.75, 3.05) is 17.7 Å². The maximum atomic E-state index is 12.7. The summed E-state index contributed by atoms with van der Waals surface area (Å²) in [4.78, 5) is 33.4. The molecule has 0 unspecified atom stereocenters. The van der Waals surface area contributed by atoms with Crippen LogP contribution in [-0.4, -0.2) is 29.0 Å². The second-order valence-corrected chi connectivity index (χ2v) is 8.45. The molecule has 0 aliphatic heterocycles. The molecule has 2 heterocycles. The quantitative estimate of drug-likeness (QED) is 0.273. The third kappa shape index (κ3) is 5.62. The maximum absolute atomic E-state index is 12.7. The third-order valence-corrected chi connectivity index (χ3v) is 5.91. The van der Waals surface area contributed by atoms with E-state index in [-0.39, 0.29) is 5.91 Å². The van der Waals surface area contributed by atoms with E-state index in [1.807, 2.05) is 42.5 Å². The van der Waals surface area contributed by atoms with Crippen LogP contribution in [0, 0.1) is 0 Å². The van der Waals surface area contributed by atoms with Crippen molar-refractivity contribution in [3.05, 3.63) is 126 Å². The molecule has 5 aromatic rings. The number of benzene rings is 3. The number of fused-ring (bicyclic) bond motifs is 1. The molecule has 2 aromatic heterocycles. The molecule has 0 aliphatic carbocycles. The number of methoxy groups -OCH3 is 1. The molecule has 37 heavy (non-hydrogen) atoms. The van der Waals surface area contributed by atoms with Crippen LogP contribution in [0.25, 0.3) is 10.9 Å². The standard InChI is InChI=1S/C30H24N4O3/c1-37-30(36)22-9-13-26-25(18-22)27(15-16-31-26)34-28-14-10-23(19-32-28)29(35)33-24-11-7-21(8-12-24)17-20-5-3-2-4-6-20/h2-16,18-19H,17H2,1H3,(H,33,35)(H,31,32,34). The number of esters is 1. The van der Waals surface area contributed by atoms with Crippen molar-refractivity contribution in [1.82, 2.24) is 9.97 Å². The van der Waals surface area contributed by atoms with E-state index >= 15 is 0 Å². The first kappa shape index (κ1) is 23.7. The van der Waals surface area contributed by atoms with Gasteiger partial charge in [-0.2, -0.15) is 0 Å². The fourth-order valence-corrected chi connectivity index (χ4v) is 3.98. The highest BCUT2D eigenvalue weighted by Gasteiger charge is 2.11. The van der Waals surface area contributed by atoms with Crippen LogP contribution in [0.2, 0.25) is 0 Å². The predicted molar refractivity (Wildman–Crippen MR) is 144 cm³/mol. The van der Waals surface area contributed by atoms with Crippen molar-refractivity contribution < 1.29 is 14.3 Å². The minimum Gasteiger partial charge on any atom is -0.465 e. The number of rotatable bonds is 7. The van der Waals surface area contributed by atoms with Crippen LogP contribution in [0.15, 0.2) is 103 Å². The number of carbonyl (C=O) groups excluding carboxylic acids is 2. The second-order valence-electron chi connectivity index (χ2n) is 8.45. The van der Waals surface area contributed by atoms with Crippen molar-refractivity contribution in [3.63, 3.8) is 0 Å². The van der Waals surface area contributed by atoms with Crippen molar-refractivity contribution >= 4 is 40.0 Å². The van der Waals surface area contributed by atoms with Gasteiger partial charge in [-0.3, -0.25) is 9.78 Å². The normalized spacial score (nSPS) is 10.6. The zero-order valence-corrected chi connectivity index (χ0v) is 20.1. The van der Waals surface area contributed by atoms with Crippen LogP contribution in [0.5, 0.6) is 0 Å². The van der Waals surface area contributed by atoms with Gasteiger partial charge in [0.15, 0.2) is 0 Å². The van der Waals surface area contributed by atoms with Gasteiger partial charge in [-0.05, 0) is 66.1 Å². The maximum Gasteiger partial charge on any atom is 0.337 e. The van der Waals surface area contributed by atoms with E-state index in [0.717, 1.165) is 23.0 Å². The SMILES string of the molecule is COC(=O)c1ccc2nccc(Nc3ccc(C(=O)Nc4ccc(Cc5ccccc5)cc4)cn3)c2c1. The number of pyridine rings is 2. The summed E-state index contributed by atoms with van der Waals surface area (Å²) in [6.07, 6.45) is 4.03. The molecule has 0 saturated carbocycles. The Kier molecular flexibility index (Phi) is 6.85. The lowest BCUT2D eigenvalue weighted by Crippen LogP contribution is -2.12. The first-order chi connectivity index (χ1) is 18.1. The molecular formula is C30H24N4O3. The average molecular weight is 489 g/mol. The highest BCUT2D eigenvalue weighted by molar-refractivity contribution is 6.04. The molecule has 7 heteroatoms. The van der Waals surface area contributed by atoms with Gasteiger partial charge in [0.1, 0.15) is 5.82 Å². The van der Waals surface area contributed by atoms with Gasteiger partial charge in [-0.25, -0.2) is 9.78 Å². The number of hydrogen-bond acceptors (Lipinski definition) is 6. The molecule has 1 amide bonds. The van der Waals surface area contributed by atoms with Crippen molar-refractivity contribution in [1.29, 1.82) is 0 Å². The molecule has 3 aromatic carbocycles. The van der Waals surface area contributed by atoms with Crippen molar-refractivity contribution in [2.45, 2.75) is 6.42 Å². The van der Waals surface area contributed by atoms with Gasteiger partial charge >= 0.3 is 5.97 Å². The molecule has 182 valence electrons. The largest absolute Gasteiger partial charge is 0.465 e. The number of ether oxygens (including phenoxy) is 1. The van der Waals surface area contributed by atoms with Gasteiger partial charge in [0.2, 0.25) is 0 Å². The monoisotopic (exact) mass is 488 g/mol. The van der Waals surface area contributed by atoms with Gasteiger partial charge in [0.05, 0.1) is 29.4 Å². The Morgan fingerprint density at radius 3 is 2.30 bits per heavy atom. The third-order valence-electron chi connectivity index (χ3n) is 5.91. The molecule has 0 radical (unpaired) electrons. The lowest BCUT2D eigenvalue weighted by Gasteiger charge is -2.11. The van der Waals surface area contributed by atoms with E-state index in [1.165, 1.54) is 24.4 Å². The van der Waals surface area contributed by atoms with Gasteiger partial charge in [0.25, 0.3) is 5.91 Å². The topological polar surface area (TPSA) is 93.2 Å². The molecule has 5 rings (SSSR count). The second kappa shape index (κ2) is 10.7. The summed E-state index contributed by atoms with van der Waals surface area (Å²) in [6, 6.07) is 28.5. The summed E-state index contributed by atoms with van der Waals surface area (Å²) < 4.78 is 4.82. The van der Waals surface area contributed by atoms with Crippen molar-refractivity contribution in [2.24, 2.45) is 0 Å². The Hall–Kier alpha value is -5.04. The Morgan fingerprint density at radius 1 is 0.811 bits per heavy atom. The summed E-state index contributed by atoms with van der Waals surface area (Å²) in [5, 5.41) is 6.91. The summed E-state index contributed by atoms with van der Waals surface area (Å²) >= 11 is 0. The van der Waals surface area contributed by atoms with Crippen LogP contribution < -0.4 is 10.6 Å². The van der Waals surface area contributed by atoms with E-state index in [1.54, 1.807) is 42.6 Å². The van der Waals surface area contributed by atoms with Crippen LogP contribution in [-0.2, 0) is 11.2 Å². The van der Waals surface area contributed by atoms with Crippen LogP contribution >= 0.6 is 0 Å². The summed E-state index contributed by atoms with van der Waals surface area (Å²) in [7, 11) is 1.34.